The quantitative estimate of drug-likeness (QED) is 0.729. The third-order valence-electron chi connectivity index (χ3n) is 4.33. The van der Waals surface area contributed by atoms with Crippen LogP contribution in [-0.4, -0.2) is 34.8 Å². The Hall–Kier alpha value is -2.50. The summed E-state index contributed by atoms with van der Waals surface area (Å²) in [5, 5.41) is 15.6. The highest BCUT2D eigenvalue weighted by molar-refractivity contribution is 5.87. The average molecular weight is 331 g/mol. The molecule has 0 fully saturated rings. The SMILES string of the molecule is CCC(CNC(=O)NCCc1cn(C)c2cccc(C)c12)C(=O)O. The molecule has 0 spiro atoms. The number of carboxylic acids is 1. The number of fused-ring (bicyclic) bond motifs is 1. The van der Waals surface area contributed by atoms with Gasteiger partial charge in [-0.2, -0.15) is 0 Å². The van der Waals surface area contributed by atoms with Crippen LogP contribution in [0.25, 0.3) is 10.9 Å². The predicted molar refractivity (Wildman–Crippen MR) is 94.2 cm³/mol. The molecule has 6 nitrogen and oxygen atoms in total. The highest BCUT2D eigenvalue weighted by Crippen LogP contribution is 2.24. The minimum atomic E-state index is -0.885. The Morgan fingerprint density at radius 3 is 2.71 bits per heavy atom. The molecule has 1 aromatic heterocycles. The Labute approximate surface area is 141 Å². The Morgan fingerprint density at radius 2 is 2.04 bits per heavy atom. The maximum atomic E-state index is 11.8. The van der Waals surface area contributed by atoms with E-state index in [-0.39, 0.29) is 12.6 Å². The van der Waals surface area contributed by atoms with Crippen molar-refractivity contribution in [2.75, 3.05) is 13.1 Å². The van der Waals surface area contributed by atoms with Gasteiger partial charge in [-0.1, -0.05) is 19.1 Å². The zero-order valence-electron chi connectivity index (χ0n) is 14.4. The van der Waals surface area contributed by atoms with E-state index < -0.39 is 11.9 Å². The molecule has 2 rings (SSSR count). The highest BCUT2D eigenvalue weighted by atomic mass is 16.4. The molecule has 0 aliphatic rings. The van der Waals surface area contributed by atoms with Gasteiger partial charge in [0.15, 0.2) is 0 Å². The van der Waals surface area contributed by atoms with Crippen LogP contribution in [0, 0.1) is 12.8 Å². The minimum Gasteiger partial charge on any atom is -0.481 e. The van der Waals surface area contributed by atoms with Crippen molar-refractivity contribution in [2.24, 2.45) is 13.0 Å². The van der Waals surface area contributed by atoms with Crippen LogP contribution in [-0.2, 0) is 18.3 Å². The summed E-state index contributed by atoms with van der Waals surface area (Å²) in [5.74, 6) is -1.43. The highest BCUT2D eigenvalue weighted by Gasteiger charge is 2.15. The van der Waals surface area contributed by atoms with E-state index in [9.17, 15) is 9.59 Å². The molecule has 1 atom stereocenters. The molecule has 0 aliphatic carbocycles. The van der Waals surface area contributed by atoms with E-state index in [1.54, 1.807) is 6.92 Å². The number of aliphatic carboxylic acids is 1. The number of hydrogen-bond donors (Lipinski definition) is 3. The number of hydrogen-bond acceptors (Lipinski definition) is 2. The third-order valence-corrected chi connectivity index (χ3v) is 4.33. The van der Waals surface area contributed by atoms with Crippen molar-refractivity contribution in [3.05, 3.63) is 35.5 Å². The van der Waals surface area contributed by atoms with Crippen molar-refractivity contribution in [2.45, 2.75) is 26.7 Å². The van der Waals surface area contributed by atoms with Gasteiger partial charge in [0.2, 0.25) is 0 Å². The van der Waals surface area contributed by atoms with E-state index in [1.807, 2.05) is 13.1 Å². The van der Waals surface area contributed by atoms with E-state index in [0.717, 1.165) is 6.42 Å². The Kier molecular flexibility index (Phi) is 5.84. The Morgan fingerprint density at radius 1 is 1.29 bits per heavy atom. The lowest BCUT2D eigenvalue weighted by atomic mass is 10.1. The second-order valence-electron chi connectivity index (χ2n) is 6.06. The first-order chi connectivity index (χ1) is 11.4. The van der Waals surface area contributed by atoms with Crippen LogP contribution in [0.2, 0.25) is 0 Å². The Bertz CT molecular complexity index is 736. The van der Waals surface area contributed by atoms with Crippen LogP contribution in [0.3, 0.4) is 0 Å². The number of rotatable bonds is 7. The molecular weight excluding hydrogens is 306 g/mol. The van der Waals surface area contributed by atoms with Crippen LogP contribution in [0.5, 0.6) is 0 Å². The molecule has 6 heteroatoms. The van der Waals surface area contributed by atoms with E-state index in [2.05, 4.69) is 40.5 Å². The molecule has 1 heterocycles. The smallest absolute Gasteiger partial charge is 0.314 e. The van der Waals surface area contributed by atoms with Crippen molar-refractivity contribution in [3.63, 3.8) is 0 Å². The number of nitrogens with zero attached hydrogens (tertiary/aromatic N) is 1. The molecule has 3 N–H and O–H groups in total. The van der Waals surface area contributed by atoms with Gasteiger partial charge in [0, 0.05) is 37.2 Å². The van der Waals surface area contributed by atoms with Crippen molar-refractivity contribution >= 4 is 22.9 Å². The number of amides is 2. The van der Waals surface area contributed by atoms with Crippen molar-refractivity contribution in [1.29, 1.82) is 0 Å². The van der Waals surface area contributed by atoms with Crippen LogP contribution < -0.4 is 10.6 Å². The second-order valence-corrected chi connectivity index (χ2v) is 6.06. The number of aryl methyl sites for hydroxylation is 2. The number of carbonyl (C=O) groups excluding carboxylic acids is 1. The predicted octanol–water partition coefficient (Wildman–Crippen LogP) is 2.44. The standard InChI is InChI=1S/C18H25N3O3/c1-4-13(17(22)23)10-20-18(24)19-9-8-14-11-21(3)15-7-5-6-12(2)16(14)15/h5-7,11,13H,4,8-10H2,1-3H3,(H,22,23)(H2,19,20,24). The van der Waals surface area contributed by atoms with Gasteiger partial charge >= 0.3 is 12.0 Å². The van der Waals surface area contributed by atoms with Gasteiger partial charge < -0.3 is 20.3 Å². The molecule has 1 aromatic carbocycles. The maximum Gasteiger partial charge on any atom is 0.314 e. The first-order valence-electron chi connectivity index (χ1n) is 8.22. The molecule has 0 aliphatic heterocycles. The van der Waals surface area contributed by atoms with Crippen LogP contribution in [0.1, 0.15) is 24.5 Å². The second kappa shape index (κ2) is 7.86. The van der Waals surface area contributed by atoms with Crippen LogP contribution >= 0.6 is 0 Å². The van der Waals surface area contributed by atoms with Crippen LogP contribution in [0.15, 0.2) is 24.4 Å². The van der Waals surface area contributed by atoms with Gasteiger partial charge in [0.05, 0.1) is 5.92 Å². The Balaban J connectivity index is 1.88. The average Bonchev–Trinajstić information content (AvgIpc) is 2.85. The minimum absolute atomic E-state index is 0.144. The van der Waals surface area contributed by atoms with Crippen molar-refractivity contribution < 1.29 is 14.7 Å². The lowest BCUT2D eigenvalue weighted by Gasteiger charge is -2.12. The summed E-state index contributed by atoms with van der Waals surface area (Å²) in [4.78, 5) is 22.7. The van der Waals surface area contributed by atoms with Crippen LogP contribution in [0.4, 0.5) is 4.79 Å². The van der Waals surface area contributed by atoms with Gasteiger partial charge in [-0.25, -0.2) is 4.79 Å². The molecule has 2 amide bonds. The lowest BCUT2D eigenvalue weighted by molar-refractivity contribution is -0.141. The fourth-order valence-corrected chi connectivity index (χ4v) is 2.92. The van der Waals surface area contributed by atoms with E-state index in [0.29, 0.717) is 13.0 Å². The summed E-state index contributed by atoms with van der Waals surface area (Å²) in [5.41, 5.74) is 3.60. The number of carboxylic acid groups (broad SMARTS) is 1. The summed E-state index contributed by atoms with van der Waals surface area (Å²) >= 11 is 0. The van der Waals surface area contributed by atoms with Crippen molar-refractivity contribution in [1.82, 2.24) is 15.2 Å². The number of aromatic nitrogens is 1. The zero-order chi connectivity index (χ0) is 17.7. The number of carbonyl (C=O) groups is 2. The summed E-state index contributed by atoms with van der Waals surface area (Å²) in [6.45, 7) is 4.53. The largest absolute Gasteiger partial charge is 0.481 e. The van der Waals surface area contributed by atoms with Crippen molar-refractivity contribution in [3.8, 4) is 0 Å². The number of benzene rings is 1. The van der Waals surface area contributed by atoms with E-state index in [4.69, 9.17) is 5.11 Å². The van der Waals surface area contributed by atoms with Gasteiger partial charge in [0.25, 0.3) is 0 Å². The fraction of sp³-hybridized carbons (Fsp3) is 0.444. The van der Waals surface area contributed by atoms with Gasteiger partial charge in [0.1, 0.15) is 0 Å². The molecule has 0 bridgehead atoms. The first-order valence-corrected chi connectivity index (χ1v) is 8.22. The third kappa shape index (κ3) is 4.07. The van der Waals surface area contributed by atoms with Gasteiger partial charge in [-0.15, -0.1) is 0 Å². The molecule has 0 saturated heterocycles. The summed E-state index contributed by atoms with van der Waals surface area (Å²) in [6.07, 6.45) is 3.31. The molecule has 24 heavy (non-hydrogen) atoms. The zero-order valence-corrected chi connectivity index (χ0v) is 14.4. The summed E-state index contributed by atoms with van der Waals surface area (Å²) in [6, 6.07) is 5.89. The van der Waals surface area contributed by atoms with E-state index >= 15 is 0 Å². The number of nitrogens with one attached hydrogen (secondary N) is 2. The molecule has 130 valence electrons. The monoisotopic (exact) mass is 331 g/mol. The number of urea groups is 1. The van der Waals surface area contributed by atoms with Gasteiger partial charge in [-0.05, 0) is 37.0 Å². The topological polar surface area (TPSA) is 83.4 Å². The van der Waals surface area contributed by atoms with E-state index in [1.165, 1.54) is 22.0 Å². The van der Waals surface area contributed by atoms with Gasteiger partial charge in [-0.3, -0.25) is 4.79 Å². The molecule has 0 radical (unpaired) electrons. The fourth-order valence-electron chi connectivity index (χ4n) is 2.92. The molecule has 2 aromatic rings. The molecule has 0 saturated carbocycles. The normalized spacial score (nSPS) is 12.1. The molecule has 1 unspecified atom stereocenters. The maximum absolute atomic E-state index is 11.8. The lowest BCUT2D eigenvalue weighted by Crippen LogP contribution is -2.40. The first kappa shape index (κ1) is 17.8. The molecular formula is C18H25N3O3. The summed E-state index contributed by atoms with van der Waals surface area (Å²) < 4.78 is 2.09. The summed E-state index contributed by atoms with van der Waals surface area (Å²) in [7, 11) is 2.02.